The third kappa shape index (κ3) is 2.67. The molecule has 0 unspecified atom stereocenters. The summed E-state index contributed by atoms with van der Waals surface area (Å²) >= 11 is 3.33. The molecule has 1 heterocycles. The maximum Gasteiger partial charge on any atom is 0.329 e. The Balaban J connectivity index is 2.14. The zero-order valence-corrected chi connectivity index (χ0v) is 12.4. The van der Waals surface area contributed by atoms with Crippen LogP contribution in [0.5, 0.6) is 0 Å². The molecule has 3 rings (SSSR count). The van der Waals surface area contributed by atoms with E-state index in [1.165, 1.54) is 12.1 Å². The lowest BCUT2D eigenvalue weighted by molar-refractivity contribution is 0.628. The molecule has 0 spiro atoms. The van der Waals surface area contributed by atoms with E-state index in [1.807, 2.05) is 24.3 Å². The van der Waals surface area contributed by atoms with Crippen LogP contribution in [0.1, 0.15) is 5.56 Å². The Morgan fingerprint density at radius 1 is 1.10 bits per heavy atom. The van der Waals surface area contributed by atoms with Crippen molar-refractivity contribution in [2.24, 2.45) is 0 Å². The predicted octanol–water partition coefficient (Wildman–Crippen LogP) is 2.64. The molecule has 0 aliphatic carbocycles. The number of rotatable bonds is 2. The maximum absolute atomic E-state index is 13.1. The minimum absolute atomic E-state index is 0.161. The second kappa shape index (κ2) is 5.29. The molecule has 0 saturated heterocycles. The Bertz CT molecular complexity index is 929. The van der Waals surface area contributed by atoms with Gasteiger partial charge in [-0.25, -0.2) is 9.18 Å². The van der Waals surface area contributed by atoms with Gasteiger partial charge in [0.25, 0.3) is 5.56 Å². The highest BCUT2D eigenvalue weighted by Crippen LogP contribution is 2.11. The number of hydrogen-bond acceptors (Lipinski definition) is 2. The first-order valence-electron chi connectivity index (χ1n) is 6.21. The lowest BCUT2D eigenvalue weighted by Crippen LogP contribution is -2.35. The molecule has 0 saturated carbocycles. The number of H-pyrrole nitrogens is 1. The monoisotopic (exact) mass is 348 g/mol. The average molecular weight is 349 g/mol. The summed E-state index contributed by atoms with van der Waals surface area (Å²) in [5.41, 5.74) is 0.0435. The quantitative estimate of drug-likeness (QED) is 0.773. The summed E-state index contributed by atoms with van der Waals surface area (Å²) < 4.78 is 15.2. The fourth-order valence-electron chi connectivity index (χ4n) is 2.14. The third-order valence-electron chi connectivity index (χ3n) is 3.20. The number of nitrogens with zero attached hydrogens (tertiary/aromatic N) is 1. The Labute approximate surface area is 127 Å². The van der Waals surface area contributed by atoms with E-state index < -0.39 is 17.1 Å². The van der Waals surface area contributed by atoms with Crippen LogP contribution >= 0.6 is 15.9 Å². The van der Waals surface area contributed by atoms with Crippen molar-refractivity contribution in [3.05, 3.63) is 79.2 Å². The standard InChI is InChI=1S/C15H10BrFN2O2/c16-10-3-1-9(2-4-10)8-19-14(20)12-6-5-11(17)7-13(12)18-15(19)21/h1-7H,8H2,(H,18,21). The van der Waals surface area contributed by atoms with Crippen molar-refractivity contribution >= 4 is 26.8 Å². The Morgan fingerprint density at radius 3 is 2.52 bits per heavy atom. The van der Waals surface area contributed by atoms with Crippen LogP contribution in [0.4, 0.5) is 4.39 Å². The highest BCUT2D eigenvalue weighted by Gasteiger charge is 2.08. The van der Waals surface area contributed by atoms with Crippen molar-refractivity contribution in [2.75, 3.05) is 0 Å². The molecule has 0 radical (unpaired) electrons. The first-order chi connectivity index (χ1) is 10.0. The Kier molecular flexibility index (Phi) is 3.47. The summed E-state index contributed by atoms with van der Waals surface area (Å²) in [6.45, 7) is 0.161. The van der Waals surface area contributed by atoms with Crippen molar-refractivity contribution in [1.29, 1.82) is 0 Å². The molecule has 0 fully saturated rings. The van der Waals surface area contributed by atoms with Gasteiger partial charge in [-0.1, -0.05) is 28.1 Å². The van der Waals surface area contributed by atoms with Crippen LogP contribution < -0.4 is 11.2 Å². The first kappa shape index (κ1) is 13.8. The number of aromatic nitrogens is 2. The number of fused-ring (bicyclic) bond motifs is 1. The maximum atomic E-state index is 13.1. The van der Waals surface area contributed by atoms with Crippen LogP contribution in [0.15, 0.2) is 56.5 Å². The zero-order valence-electron chi connectivity index (χ0n) is 10.8. The second-order valence-corrected chi connectivity index (χ2v) is 5.55. The number of hydrogen-bond donors (Lipinski definition) is 1. The summed E-state index contributed by atoms with van der Waals surface area (Å²) in [6, 6.07) is 11.0. The molecule has 6 heteroatoms. The number of halogens is 2. The van der Waals surface area contributed by atoms with E-state index in [0.29, 0.717) is 0 Å². The molecule has 1 aromatic heterocycles. The molecule has 0 atom stereocenters. The van der Waals surface area contributed by atoms with Crippen molar-refractivity contribution in [3.63, 3.8) is 0 Å². The minimum atomic E-state index is -0.555. The number of aromatic amines is 1. The summed E-state index contributed by atoms with van der Waals surface area (Å²) in [6.07, 6.45) is 0. The fraction of sp³-hybridized carbons (Fsp3) is 0.0667. The van der Waals surface area contributed by atoms with Crippen molar-refractivity contribution in [1.82, 2.24) is 9.55 Å². The Morgan fingerprint density at radius 2 is 1.81 bits per heavy atom. The van der Waals surface area contributed by atoms with Gasteiger partial charge in [0, 0.05) is 4.47 Å². The molecule has 0 aliphatic rings. The van der Waals surface area contributed by atoms with E-state index in [2.05, 4.69) is 20.9 Å². The van der Waals surface area contributed by atoms with Crippen LogP contribution in [-0.2, 0) is 6.54 Å². The molecule has 0 amide bonds. The van der Waals surface area contributed by atoms with Crippen LogP contribution in [0.3, 0.4) is 0 Å². The van der Waals surface area contributed by atoms with Crippen molar-refractivity contribution in [3.8, 4) is 0 Å². The molecular formula is C15H10BrFN2O2. The largest absolute Gasteiger partial charge is 0.329 e. The second-order valence-electron chi connectivity index (χ2n) is 4.64. The molecular weight excluding hydrogens is 339 g/mol. The molecule has 0 bridgehead atoms. The van der Waals surface area contributed by atoms with E-state index in [-0.39, 0.29) is 17.4 Å². The van der Waals surface area contributed by atoms with E-state index in [9.17, 15) is 14.0 Å². The van der Waals surface area contributed by atoms with Gasteiger partial charge in [-0.05, 0) is 35.9 Å². The van der Waals surface area contributed by atoms with E-state index in [0.717, 1.165) is 20.7 Å². The van der Waals surface area contributed by atoms with Gasteiger partial charge in [-0.2, -0.15) is 0 Å². The minimum Gasteiger partial charge on any atom is -0.307 e. The van der Waals surface area contributed by atoms with Gasteiger partial charge < -0.3 is 4.98 Å². The molecule has 21 heavy (non-hydrogen) atoms. The molecule has 1 N–H and O–H groups in total. The van der Waals surface area contributed by atoms with Gasteiger partial charge in [0.2, 0.25) is 0 Å². The molecule has 106 valence electrons. The first-order valence-corrected chi connectivity index (χ1v) is 7.01. The summed E-state index contributed by atoms with van der Waals surface area (Å²) in [4.78, 5) is 26.9. The summed E-state index contributed by atoms with van der Waals surface area (Å²) in [7, 11) is 0. The number of benzene rings is 2. The van der Waals surface area contributed by atoms with Gasteiger partial charge in [0.15, 0.2) is 0 Å². The smallest absolute Gasteiger partial charge is 0.307 e. The Hall–Kier alpha value is -2.21. The van der Waals surface area contributed by atoms with Gasteiger partial charge in [0.1, 0.15) is 5.82 Å². The third-order valence-corrected chi connectivity index (χ3v) is 3.73. The van der Waals surface area contributed by atoms with Gasteiger partial charge in [0.05, 0.1) is 17.4 Å². The van der Waals surface area contributed by atoms with Crippen LogP contribution in [0.25, 0.3) is 10.9 Å². The SMILES string of the molecule is O=c1[nH]c2cc(F)ccc2c(=O)n1Cc1ccc(Br)cc1. The van der Waals surface area contributed by atoms with Crippen molar-refractivity contribution in [2.45, 2.75) is 6.54 Å². The van der Waals surface area contributed by atoms with Gasteiger partial charge in [-0.15, -0.1) is 0 Å². The van der Waals surface area contributed by atoms with E-state index in [1.54, 1.807) is 0 Å². The molecule has 3 aromatic rings. The highest BCUT2D eigenvalue weighted by atomic mass is 79.9. The van der Waals surface area contributed by atoms with Crippen LogP contribution in [0, 0.1) is 5.82 Å². The predicted molar refractivity (Wildman–Crippen MR) is 82.0 cm³/mol. The summed E-state index contributed by atoms with van der Waals surface area (Å²) in [5, 5.41) is 0.285. The molecule has 4 nitrogen and oxygen atoms in total. The van der Waals surface area contributed by atoms with Gasteiger partial charge in [-0.3, -0.25) is 9.36 Å². The number of nitrogens with one attached hydrogen (secondary N) is 1. The van der Waals surface area contributed by atoms with Crippen LogP contribution in [0.2, 0.25) is 0 Å². The van der Waals surface area contributed by atoms with Crippen LogP contribution in [-0.4, -0.2) is 9.55 Å². The highest BCUT2D eigenvalue weighted by molar-refractivity contribution is 9.10. The van der Waals surface area contributed by atoms with Gasteiger partial charge >= 0.3 is 5.69 Å². The topological polar surface area (TPSA) is 54.9 Å². The lowest BCUT2D eigenvalue weighted by atomic mass is 10.2. The van der Waals surface area contributed by atoms with Crippen molar-refractivity contribution < 1.29 is 4.39 Å². The van der Waals surface area contributed by atoms with E-state index >= 15 is 0 Å². The zero-order chi connectivity index (χ0) is 15.0. The molecule has 0 aliphatic heterocycles. The average Bonchev–Trinajstić information content (AvgIpc) is 2.45. The molecule has 2 aromatic carbocycles. The van der Waals surface area contributed by atoms with E-state index in [4.69, 9.17) is 0 Å². The summed E-state index contributed by atoms with van der Waals surface area (Å²) in [5.74, 6) is -0.497. The normalized spacial score (nSPS) is 11.0. The lowest BCUT2D eigenvalue weighted by Gasteiger charge is -2.07. The fourth-order valence-corrected chi connectivity index (χ4v) is 2.41.